The van der Waals surface area contributed by atoms with Crippen molar-refractivity contribution in [3.8, 4) is 5.75 Å². The molecule has 0 fully saturated rings. The summed E-state index contributed by atoms with van der Waals surface area (Å²) in [5.74, 6) is -2.28. The highest BCUT2D eigenvalue weighted by molar-refractivity contribution is 5.94. The predicted molar refractivity (Wildman–Crippen MR) is 53.2 cm³/mol. The Kier molecular flexibility index (Phi) is 4.14. The van der Waals surface area contributed by atoms with Crippen LogP contribution >= 0.6 is 0 Å². The fourth-order valence-electron chi connectivity index (χ4n) is 0.924. The molecular weight excluding hydrogens is 237 g/mol. The third-order valence-corrected chi connectivity index (χ3v) is 1.69. The third-order valence-electron chi connectivity index (χ3n) is 1.69. The molecule has 0 atom stereocenters. The van der Waals surface area contributed by atoms with Gasteiger partial charge in [0.05, 0.1) is 13.2 Å². The van der Waals surface area contributed by atoms with E-state index < -0.39 is 17.9 Å². The molecular formula is C11H9F3O3. The fraction of sp³-hybridized carbons (Fsp3) is 0.182. The van der Waals surface area contributed by atoms with Crippen LogP contribution in [0.5, 0.6) is 5.75 Å². The average molecular weight is 246 g/mol. The summed E-state index contributed by atoms with van der Waals surface area (Å²) in [6, 6.07) is 8.02. The lowest BCUT2D eigenvalue weighted by Gasteiger charge is -2.08. The van der Waals surface area contributed by atoms with Gasteiger partial charge in [-0.25, -0.2) is 0 Å². The highest BCUT2D eigenvalue weighted by atomic mass is 19.4. The van der Waals surface area contributed by atoms with Gasteiger partial charge in [-0.05, 0) is 12.1 Å². The lowest BCUT2D eigenvalue weighted by atomic mass is 10.3. The monoisotopic (exact) mass is 246 g/mol. The summed E-state index contributed by atoms with van der Waals surface area (Å²) < 4.78 is 45.4. The van der Waals surface area contributed by atoms with Gasteiger partial charge in [0.25, 0.3) is 11.7 Å². The lowest BCUT2D eigenvalue weighted by Crippen LogP contribution is -2.21. The van der Waals surface area contributed by atoms with Crippen LogP contribution < -0.4 is 4.74 Å². The van der Waals surface area contributed by atoms with Gasteiger partial charge in [-0.2, -0.15) is 13.2 Å². The van der Waals surface area contributed by atoms with Crippen LogP contribution in [0.2, 0.25) is 0 Å². The van der Waals surface area contributed by atoms with Crippen LogP contribution in [0.4, 0.5) is 13.2 Å². The third kappa shape index (κ3) is 4.18. The van der Waals surface area contributed by atoms with Crippen LogP contribution in [-0.2, 0) is 9.53 Å². The van der Waals surface area contributed by atoms with Gasteiger partial charge >= 0.3 is 6.18 Å². The van der Waals surface area contributed by atoms with Crippen molar-refractivity contribution in [1.29, 1.82) is 0 Å². The Morgan fingerprint density at radius 2 is 1.82 bits per heavy atom. The quantitative estimate of drug-likeness (QED) is 0.605. The zero-order chi connectivity index (χ0) is 12.9. The van der Waals surface area contributed by atoms with E-state index in [9.17, 15) is 18.0 Å². The Morgan fingerprint density at radius 1 is 1.24 bits per heavy atom. The van der Waals surface area contributed by atoms with Gasteiger partial charge in [0.1, 0.15) is 5.75 Å². The van der Waals surface area contributed by atoms with E-state index in [1.807, 2.05) is 0 Å². The minimum absolute atomic E-state index is 0.257. The van der Waals surface area contributed by atoms with Crippen molar-refractivity contribution in [2.24, 2.45) is 0 Å². The second kappa shape index (κ2) is 5.38. The van der Waals surface area contributed by atoms with Gasteiger partial charge in [-0.3, -0.25) is 4.79 Å². The topological polar surface area (TPSA) is 35.5 Å². The summed E-state index contributed by atoms with van der Waals surface area (Å²) in [5.41, 5.74) is 0. The van der Waals surface area contributed by atoms with Gasteiger partial charge in [0.15, 0.2) is 0 Å². The molecule has 0 aliphatic heterocycles. The number of carbonyl (C=O) groups excluding carboxylic acids is 1. The molecule has 1 rings (SSSR count). The maximum absolute atomic E-state index is 12.0. The van der Waals surface area contributed by atoms with E-state index in [4.69, 9.17) is 4.74 Å². The molecule has 6 heteroatoms. The Labute approximate surface area is 95.5 Å². The van der Waals surface area contributed by atoms with Crippen molar-refractivity contribution in [1.82, 2.24) is 0 Å². The molecule has 17 heavy (non-hydrogen) atoms. The predicted octanol–water partition coefficient (Wildman–Crippen LogP) is 2.68. The Hall–Kier alpha value is -1.98. The van der Waals surface area contributed by atoms with Crippen molar-refractivity contribution in [2.75, 3.05) is 7.11 Å². The normalized spacial score (nSPS) is 12.1. The summed E-state index contributed by atoms with van der Waals surface area (Å²) in [6.07, 6.45) is -4.68. The number of halogens is 3. The maximum Gasteiger partial charge on any atom is 0.454 e. The molecule has 0 N–H and O–H groups in total. The Bertz CT molecular complexity index is 410. The second-order valence-corrected chi connectivity index (χ2v) is 2.94. The first-order valence-corrected chi connectivity index (χ1v) is 4.53. The van der Waals surface area contributed by atoms with Crippen molar-refractivity contribution in [3.05, 3.63) is 42.4 Å². The van der Waals surface area contributed by atoms with Crippen LogP contribution in [0.3, 0.4) is 0 Å². The van der Waals surface area contributed by atoms with Crippen LogP contribution in [-0.4, -0.2) is 19.1 Å². The maximum atomic E-state index is 12.0. The van der Waals surface area contributed by atoms with Gasteiger partial charge in [0.2, 0.25) is 0 Å². The van der Waals surface area contributed by atoms with Crippen molar-refractivity contribution in [3.63, 3.8) is 0 Å². The van der Waals surface area contributed by atoms with Crippen molar-refractivity contribution >= 4 is 5.78 Å². The first kappa shape index (κ1) is 13.1. The number of rotatable bonds is 4. The summed E-state index contributed by atoms with van der Waals surface area (Å²) in [6.45, 7) is 0. The summed E-state index contributed by atoms with van der Waals surface area (Å²) in [5, 5.41) is 0. The Balaban J connectivity index is 2.79. The van der Waals surface area contributed by atoms with Crippen LogP contribution in [0.1, 0.15) is 0 Å². The molecule has 1 aromatic rings. The van der Waals surface area contributed by atoms with Gasteiger partial charge in [0, 0.05) is 0 Å². The first-order valence-electron chi connectivity index (χ1n) is 4.53. The fourth-order valence-corrected chi connectivity index (χ4v) is 0.924. The number of hydrogen-bond acceptors (Lipinski definition) is 3. The molecule has 0 saturated carbocycles. The molecule has 0 radical (unpaired) electrons. The SMILES string of the molecule is CO/C(=C\C(=O)C(F)(F)F)Oc1ccccc1. The number of ketones is 1. The van der Waals surface area contributed by atoms with Crippen LogP contribution in [0.15, 0.2) is 42.4 Å². The number of para-hydroxylation sites is 1. The van der Waals surface area contributed by atoms with E-state index in [2.05, 4.69) is 4.74 Å². The standard InChI is InChI=1S/C11H9F3O3/c1-16-10(7-9(15)11(12,13)14)17-8-5-3-2-4-6-8/h2-7H,1H3/b10-7+. The molecule has 92 valence electrons. The summed E-state index contributed by atoms with van der Waals surface area (Å²) >= 11 is 0. The van der Waals surface area contributed by atoms with E-state index in [0.29, 0.717) is 0 Å². The molecule has 0 aromatic heterocycles. The number of allylic oxidation sites excluding steroid dienone is 1. The smallest absolute Gasteiger partial charge is 0.454 e. The Morgan fingerprint density at radius 3 is 2.29 bits per heavy atom. The summed E-state index contributed by atoms with van der Waals surface area (Å²) in [7, 11) is 1.11. The number of benzene rings is 1. The molecule has 0 bridgehead atoms. The van der Waals surface area contributed by atoms with Crippen molar-refractivity contribution in [2.45, 2.75) is 6.18 Å². The molecule has 1 aromatic carbocycles. The summed E-state index contributed by atoms with van der Waals surface area (Å²) in [4.78, 5) is 10.7. The number of hydrogen-bond donors (Lipinski definition) is 0. The molecule has 0 spiro atoms. The minimum atomic E-state index is -4.94. The molecule has 0 amide bonds. The van der Waals surface area contributed by atoms with E-state index in [-0.39, 0.29) is 11.8 Å². The molecule has 0 aliphatic carbocycles. The molecule has 0 heterocycles. The minimum Gasteiger partial charge on any atom is -0.468 e. The van der Waals surface area contributed by atoms with Crippen molar-refractivity contribution < 1.29 is 27.4 Å². The molecule has 0 unspecified atom stereocenters. The zero-order valence-corrected chi connectivity index (χ0v) is 8.82. The second-order valence-electron chi connectivity index (χ2n) is 2.94. The van der Waals surface area contributed by atoms with E-state index in [1.54, 1.807) is 18.2 Å². The van der Waals surface area contributed by atoms with E-state index >= 15 is 0 Å². The van der Waals surface area contributed by atoms with Gasteiger partial charge < -0.3 is 9.47 Å². The highest BCUT2D eigenvalue weighted by Crippen LogP contribution is 2.19. The van der Waals surface area contributed by atoms with Crippen LogP contribution in [0, 0.1) is 0 Å². The highest BCUT2D eigenvalue weighted by Gasteiger charge is 2.37. The average Bonchev–Trinajstić information content (AvgIpc) is 2.28. The zero-order valence-electron chi connectivity index (χ0n) is 8.82. The number of alkyl halides is 3. The number of carbonyl (C=O) groups is 1. The first-order chi connectivity index (χ1) is 7.93. The van der Waals surface area contributed by atoms with E-state index in [0.717, 1.165) is 7.11 Å². The van der Waals surface area contributed by atoms with E-state index in [1.165, 1.54) is 12.1 Å². The van der Waals surface area contributed by atoms with Crippen LogP contribution in [0.25, 0.3) is 0 Å². The number of ether oxygens (including phenoxy) is 2. The molecule has 0 aliphatic rings. The van der Waals surface area contributed by atoms with Gasteiger partial charge in [-0.15, -0.1) is 0 Å². The lowest BCUT2D eigenvalue weighted by molar-refractivity contribution is -0.165. The molecule has 3 nitrogen and oxygen atoms in total. The number of methoxy groups -OCH3 is 1. The largest absolute Gasteiger partial charge is 0.468 e. The molecule has 0 saturated heterocycles. The van der Waals surface area contributed by atoms with Gasteiger partial charge in [-0.1, -0.05) is 18.2 Å².